The van der Waals surface area contributed by atoms with Gasteiger partial charge in [0.05, 0.1) is 5.60 Å². The van der Waals surface area contributed by atoms with E-state index >= 15 is 0 Å². The van der Waals surface area contributed by atoms with Gasteiger partial charge in [0.2, 0.25) is 6.41 Å². The number of aliphatic hydroxyl groups is 1. The third kappa shape index (κ3) is 2.81. The number of carbonyl (C=O) groups is 2. The van der Waals surface area contributed by atoms with Crippen molar-refractivity contribution in [3.05, 3.63) is 35.4 Å². The minimum atomic E-state index is -0.568. The molecule has 1 aromatic rings. The fourth-order valence-corrected chi connectivity index (χ4v) is 5.61. The van der Waals surface area contributed by atoms with Gasteiger partial charge in [-0.15, -0.1) is 0 Å². The van der Waals surface area contributed by atoms with E-state index in [1.807, 2.05) is 12.1 Å². The molecule has 3 N–H and O–H groups in total. The molecule has 128 valence electrons. The molecule has 5 rings (SSSR count). The zero-order valence-electron chi connectivity index (χ0n) is 13.8. The molecule has 0 heterocycles. The van der Waals surface area contributed by atoms with Crippen molar-refractivity contribution in [2.75, 3.05) is 0 Å². The summed E-state index contributed by atoms with van der Waals surface area (Å²) >= 11 is 0. The van der Waals surface area contributed by atoms with E-state index < -0.39 is 5.60 Å². The predicted molar refractivity (Wildman–Crippen MR) is 89.2 cm³/mol. The fourth-order valence-electron chi connectivity index (χ4n) is 5.61. The van der Waals surface area contributed by atoms with Gasteiger partial charge >= 0.3 is 0 Å². The van der Waals surface area contributed by atoms with Crippen molar-refractivity contribution in [1.82, 2.24) is 10.6 Å². The highest BCUT2D eigenvalue weighted by Crippen LogP contribution is 2.57. The molecule has 4 aliphatic carbocycles. The number of hydrogen-bond acceptors (Lipinski definition) is 3. The van der Waals surface area contributed by atoms with Crippen molar-refractivity contribution in [3.8, 4) is 0 Å². The third-order valence-corrected chi connectivity index (χ3v) is 6.01. The summed E-state index contributed by atoms with van der Waals surface area (Å²) in [6.07, 6.45) is 6.37. The van der Waals surface area contributed by atoms with Gasteiger partial charge in [-0.05, 0) is 68.1 Å². The molecule has 5 nitrogen and oxygen atoms in total. The van der Waals surface area contributed by atoms with Crippen LogP contribution in [-0.4, -0.2) is 28.6 Å². The molecule has 24 heavy (non-hydrogen) atoms. The normalized spacial score (nSPS) is 36.4. The molecule has 2 atom stereocenters. The lowest BCUT2D eigenvalue weighted by molar-refractivity contribution is -0.139. The molecule has 0 saturated heterocycles. The van der Waals surface area contributed by atoms with E-state index in [4.69, 9.17) is 0 Å². The third-order valence-electron chi connectivity index (χ3n) is 6.01. The van der Waals surface area contributed by atoms with Gasteiger partial charge in [0.25, 0.3) is 5.91 Å². The van der Waals surface area contributed by atoms with Crippen LogP contribution in [0, 0.1) is 11.8 Å². The zero-order chi connectivity index (χ0) is 16.8. The largest absolute Gasteiger partial charge is 0.390 e. The van der Waals surface area contributed by atoms with E-state index in [1.165, 1.54) is 6.42 Å². The van der Waals surface area contributed by atoms with E-state index in [0.29, 0.717) is 36.8 Å². The van der Waals surface area contributed by atoms with Crippen molar-refractivity contribution in [3.63, 3.8) is 0 Å². The minimum Gasteiger partial charge on any atom is -0.390 e. The van der Waals surface area contributed by atoms with Crippen LogP contribution in [0.2, 0.25) is 0 Å². The molecule has 2 unspecified atom stereocenters. The van der Waals surface area contributed by atoms with Crippen molar-refractivity contribution in [2.24, 2.45) is 11.8 Å². The maximum absolute atomic E-state index is 12.7. The Morgan fingerprint density at radius 1 is 1.17 bits per heavy atom. The summed E-state index contributed by atoms with van der Waals surface area (Å²) in [5.74, 6) is 1.04. The summed E-state index contributed by atoms with van der Waals surface area (Å²) in [6, 6.07) is 7.32. The smallest absolute Gasteiger partial charge is 0.251 e. The van der Waals surface area contributed by atoms with E-state index in [9.17, 15) is 14.7 Å². The van der Waals surface area contributed by atoms with Gasteiger partial charge in [0, 0.05) is 17.6 Å². The quantitative estimate of drug-likeness (QED) is 0.721. The summed E-state index contributed by atoms with van der Waals surface area (Å²) in [4.78, 5) is 23.0. The molecule has 0 aliphatic heterocycles. The molecule has 2 amide bonds. The molecule has 0 aromatic heterocycles. The number of rotatable bonds is 5. The Labute approximate surface area is 141 Å². The lowest BCUT2D eigenvalue weighted by Crippen LogP contribution is -2.65. The van der Waals surface area contributed by atoms with Crippen LogP contribution < -0.4 is 10.6 Å². The van der Waals surface area contributed by atoms with Gasteiger partial charge < -0.3 is 15.7 Å². The number of carbonyl (C=O) groups excluding carboxylic acids is 2. The first-order valence-corrected chi connectivity index (χ1v) is 8.80. The summed E-state index contributed by atoms with van der Waals surface area (Å²) in [7, 11) is 0. The van der Waals surface area contributed by atoms with Gasteiger partial charge in [-0.3, -0.25) is 9.59 Å². The van der Waals surface area contributed by atoms with E-state index in [1.54, 1.807) is 12.1 Å². The molecule has 4 aliphatic rings. The maximum atomic E-state index is 12.7. The van der Waals surface area contributed by atoms with Crippen LogP contribution in [-0.2, 0) is 11.3 Å². The topological polar surface area (TPSA) is 78.4 Å². The number of nitrogens with one attached hydrogen (secondary N) is 2. The fraction of sp³-hybridized carbons (Fsp3) is 0.579. The highest BCUT2D eigenvalue weighted by molar-refractivity contribution is 5.94. The Bertz CT molecular complexity index is 641. The minimum absolute atomic E-state index is 0.0598. The average molecular weight is 328 g/mol. The SMILES string of the molecule is O=CNCc1ccc(C(=O)NC23CC4CC(CC(O)(C4)C2)C3)cc1. The molecule has 4 bridgehead atoms. The molecule has 1 aromatic carbocycles. The van der Waals surface area contributed by atoms with Crippen LogP contribution in [0.25, 0.3) is 0 Å². The molecular formula is C19H24N2O3. The summed E-state index contributed by atoms with van der Waals surface area (Å²) in [5, 5.41) is 16.7. The highest BCUT2D eigenvalue weighted by atomic mass is 16.3. The van der Waals surface area contributed by atoms with Crippen LogP contribution in [0.5, 0.6) is 0 Å². The van der Waals surface area contributed by atoms with Gasteiger partial charge in [-0.2, -0.15) is 0 Å². The Hall–Kier alpha value is -1.88. The van der Waals surface area contributed by atoms with Crippen LogP contribution in [0.15, 0.2) is 24.3 Å². The average Bonchev–Trinajstić information content (AvgIpc) is 2.50. The first-order valence-electron chi connectivity index (χ1n) is 8.80. The van der Waals surface area contributed by atoms with Gasteiger partial charge in [-0.25, -0.2) is 0 Å². The second-order valence-electron chi connectivity index (χ2n) is 8.12. The van der Waals surface area contributed by atoms with Crippen LogP contribution in [0.1, 0.15) is 54.4 Å². The van der Waals surface area contributed by atoms with Crippen molar-refractivity contribution in [1.29, 1.82) is 0 Å². The van der Waals surface area contributed by atoms with Crippen LogP contribution >= 0.6 is 0 Å². The number of hydrogen-bond donors (Lipinski definition) is 3. The first kappa shape index (κ1) is 15.6. The monoisotopic (exact) mass is 328 g/mol. The molecule has 0 spiro atoms. The molecule has 4 saturated carbocycles. The Morgan fingerprint density at radius 3 is 2.42 bits per heavy atom. The van der Waals surface area contributed by atoms with Crippen LogP contribution in [0.4, 0.5) is 0 Å². The standard InChI is InChI=1S/C19H24N2O3/c22-12-20-10-13-1-3-16(4-2-13)17(23)21-18-6-14-5-15(7-18)9-19(24,8-14)11-18/h1-4,12,14-15,24H,5-11H2,(H,20,22)(H,21,23). The summed E-state index contributed by atoms with van der Waals surface area (Å²) in [6.45, 7) is 0.464. The Morgan fingerprint density at radius 2 is 1.83 bits per heavy atom. The molecule has 4 fully saturated rings. The number of benzene rings is 1. The lowest BCUT2D eigenvalue weighted by atomic mass is 9.51. The maximum Gasteiger partial charge on any atom is 0.251 e. The predicted octanol–water partition coefficient (Wildman–Crippen LogP) is 1.75. The molecule has 0 radical (unpaired) electrons. The van der Waals surface area contributed by atoms with E-state index in [2.05, 4.69) is 10.6 Å². The van der Waals surface area contributed by atoms with E-state index in [0.717, 1.165) is 31.2 Å². The van der Waals surface area contributed by atoms with Gasteiger partial charge in [0.1, 0.15) is 0 Å². The Balaban J connectivity index is 1.47. The number of amides is 2. The van der Waals surface area contributed by atoms with Crippen molar-refractivity contribution in [2.45, 2.75) is 56.2 Å². The van der Waals surface area contributed by atoms with Gasteiger partial charge in [0.15, 0.2) is 0 Å². The second kappa shape index (κ2) is 5.59. The second-order valence-corrected chi connectivity index (χ2v) is 8.12. The first-order chi connectivity index (χ1) is 11.5. The summed E-state index contributed by atoms with van der Waals surface area (Å²) in [5.41, 5.74) is 0.797. The van der Waals surface area contributed by atoms with Crippen molar-refractivity contribution < 1.29 is 14.7 Å². The Kier molecular flexibility index (Phi) is 3.64. The molecule has 5 heteroatoms. The molecular weight excluding hydrogens is 304 g/mol. The highest BCUT2D eigenvalue weighted by Gasteiger charge is 2.57. The lowest BCUT2D eigenvalue weighted by Gasteiger charge is -2.60. The van der Waals surface area contributed by atoms with Crippen LogP contribution in [0.3, 0.4) is 0 Å². The van der Waals surface area contributed by atoms with E-state index in [-0.39, 0.29) is 11.4 Å². The van der Waals surface area contributed by atoms with Crippen molar-refractivity contribution >= 4 is 12.3 Å². The summed E-state index contributed by atoms with van der Waals surface area (Å²) < 4.78 is 0. The van der Waals surface area contributed by atoms with Gasteiger partial charge in [-0.1, -0.05) is 12.1 Å². The zero-order valence-corrected chi connectivity index (χ0v) is 13.8.